The van der Waals surface area contributed by atoms with Crippen molar-refractivity contribution in [3.05, 3.63) is 47.2 Å². The van der Waals surface area contributed by atoms with Crippen molar-refractivity contribution in [2.24, 2.45) is 4.99 Å². The standard InChI is InChI=1S/C16H23BrN4O4S.2C3H8/c1-3-15(17)16(18-8-10-22)21-12(2)20-13-4-6-14(7-5-13)26(24,25)19-9-11-23;2*1-3-2/h3-7,18-19,22-23H,1,8-11H2,2H3,(H,20,21);2*3H2,1-2H3/b16-15+;;. The molecule has 0 fully saturated rings. The smallest absolute Gasteiger partial charge is 0.240 e. The van der Waals surface area contributed by atoms with Crippen LogP contribution in [-0.2, 0) is 10.0 Å². The highest BCUT2D eigenvalue weighted by atomic mass is 79.9. The number of halogens is 1. The van der Waals surface area contributed by atoms with Crippen molar-refractivity contribution in [3.63, 3.8) is 0 Å². The third-order valence-corrected chi connectivity index (χ3v) is 5.16. The average Bonchev–Trinajstić information content (AvgIpc) is 2.76. The molecule has 0 aliphatic carbocycles. The van der Waals surface area contributed by atoms with E-state index in [0.29, 0.717) is 28.4 Å². The normalized spacial score (nSPS) is 11.8. The molecule has 0 bridgehead atoms. The number of sulfonamides is 1. The zero-order valence-electron chi connectivity index (χ0n) is 19.8. The fraction of sp³-hybridized carbons (Fsp3) is 0.500. The molecule has 10 heteroatoms. The first-order chi connectivity index (χ1) is 15.2. The molecule has 0 spiro atoms. The Bertz CT molecular complexity index is 793. The number of rotatable bonds is 10. The number of aliphatic hydroxyl groups is 2. The van der Waals surface area contributed by atoms with Gasteiger partial charge in [0.2, 0.25) is 10.0 Å². The number of hydrogen-bond acceptors (Lipinski definition) is 6. The Morgan fingerprint density at radius 1 is 1.06 bits per heavy atom. The molecule has 184 valence electrons. The Labute approximate surface area is 202 Å². The van der Waals surface area contributed by atoms with Crippen molar-refractivity contribution < 1.29 is 18.6 Å². The fourth-order valence-corrected chi connectivity index (χ4v) is 3.08. The van der Waals surface area contributed by atoms with E-state index in [2.05, 4.69) is 70.6 Å². The quantitative estimate of drug-likeness (QED) is 0.176. The predicted octanol–water partition coefficient (Wildman–Crippen LogP) is 3.95. The van der Waals surface area contributed by atoms with Gasteiger partial charge in [-0.2, -0.15) is 0 Å². The van der Waals surface area contributed by atoms with Gasteiger partial charge in [0.05, 0.1) is 22.6 Å². The van der Waals surface area contributed by atoms with Gasteiger partial charge in [-0.3, -0.25) is 0 Å². The van der Waals surface area contributed by atoms with Crippen molar-refractivity contribution in [2.45, 2.75) is 52.4 Å². The highest BCUT2D eigenvalue weighted by Gasteiger charge is 2.12. The maximum atomic E-state index is 12.0. The van der Waals surface area contributed by atoms with Crippen LogP contribution in [0, 0.1) is 0 Å². The second kappa shape index (κ2) is 19.9. The van der Waals surface area contributed by atoms with Crippen molar-refractivity contribution in [1.29, 1.82) is 0 Å². The van der Waals surface area contributed by atoms with E-state index in [0.717, 1.165) is 0 Å². The van der Waals surface area contributed by atoms with E-state index in [1.807, 2.05) is 0 Å². The van der Waals surface area contributed by atoms with E-state index in [4.69, 9.17) is 10.2 Å². The van der Waals surface area contributed by atoms with E-state index >= 15 is 0 Å². The number of anilines is 1. The third-order valence-electron chi connectivity index (χ3n) is 2.98. The molecule has 0 saturated heterocycles. The first-order valence-electron chi connectivity index (χ1n) is 10.6. The molecule has 0 aromatic heterocycles. The molecule has 8 nitrogen and oxygen atoms in total. The topological polar surface area (TPSA) is 123 Å². The molecular formula is C22H39BrN4O4S. The number of aliphatic imine (C=N–C) groups is 1. The molecule has 5 N–H and O–H groups in total. The summed E-state index contributed by atoms with van der Waals surface area (Å²) in [6, 6.07) is 6.13. The number of hydrogen-bond donors (Lipinski definition) is 5. The van der Waals surface area contributed by atoms with Crippen LogP contribution in [0.3, 0.4) is 0 Å². The van der Waals surface area contributed by atoms with Crippen LogP contribution in [0.4, 0.5) is 5.69 Å². The van der Waals surface area contributed by atoms with Crippen molar-refractivity contribution in [3.8, 4) is 0 Å². The summed E-state index contributed by atoms with van der Waals surface area (Å²) in [5.74, 6) is 1.06. The zero-order chi connectivity index (χ0) is 25.0. The second-order valence-corrected chi connectivity index (χ2v) is 9.05. The lowest BCUT2D eigenvalue weighted by molar-refractivity contribution is 0.297. The average molecular weight is 536 g/mol. The lowest BCUT2D eigenvalue weighted by Gasteiger charge is -2.11. The molecule has 0 saturated carbocycles. The number of amidine groups is 1. The van der Waals surface area contributed by atoms with E-state index in [1.165, 1.54) is 25.0 Å². The number of benzene rings is 1. The van der Waals surface area contributed by atoms with Gasteiger partial charge in [-0.1, -0.05) is 53.2 Å². The Hall–Kier alpha value is -1.72. The van der Waals surface area contributed by atoms with Gasteiger partial charge in [-0.05, 0) is 47.1 Å². The summed E-state index contributed by atoms with van der Waals surface area (Å²) in [7, 11) is -3.64. The number of nitrogens with zero attached hydrogens (tertiary/aromatic N) is 1. The van der Waals surface area contributed by atoms with Gasteiger partial charge >= 0.3 is 0 Å². The van der Waals surface area contributed by atoms with Crippen LogP contribution in [0.2, 0.25) is 0 Å². The number of aliphatic hydroxyl groups excluding tert-OH is 2. The van der Waals surface area contributed by atoms with Gasteiger partial charge in [0.25, 0.3) is 0 Å². The molecule has 0 atom stereocenters. The van der Waals surface area contributed by atoms with E-state index in [1.54, 1.807) is 25.1 Å². The van der Waals surface area contributed by atoms with Crippen molar-refractivity contribution in [1.82, 2.24) is 10.0 Å². The van der Waals surface area contributed by atoms with Gasteiger partial charge < -0.3 is 20.8 Å². The molecule has 0 radical (unpaired) electrons. The minimum absolute atomic E-state index is 0.0385. The first-order valence-corrected chi connectivity index (χ1v) is 12.8. The maximum absolute atomic E-state index is 12.0. The van der Waals surface area contributed by atoms with Crippen LogP contribution in [0.15, 0.2) is 57.1 Å². The van der Waals surface area contributed by atoms with Crippen molar-refractivity contribution >= 4 is 37.5 Å². The van der Waals surface area contributed by atoms with Gasteiger partial charge in [0, 0.05) is 18.8 Å². The Morgan fingerprint density at radius 2 is 1.56 bits per heavy atom. The molecule has 0 aliphatic heterocycles. The summed E-state index contributed by atoms with van der Waals surface area (Å²) in [6.07, 6.45) is 4.08. The van der Waals surface area contributed by atoms with Crippen LogP contribution in [0.5, 0.6) is 0 Å². The first kappa shape index (κ1) is 32.5. The molecule has 0 heterocycles. The molecule has 0 amide bonds. The van der Waals surface area contributed by atoms with Crippen LogP contribution in [-0.4, -0.2) is 50.8 Å². The largest absolute Gasteiger partial charge is 0.395 e. The van der Waals surface area contributed by atoms with Gasteiger partial charge in [-0.25, -0.2) is 18.1 Å². The SMILES string of the molecule is C=C/C(Br)=C(\N=C(/C)Nc1ccc(S(=O)(=O)NCCO)cc1)NCCO.CCC.CCC. The van der Waals surface area contributed by atoms with Crippen LogP contribution < -0.4 is 15.4 Å². The van der Waals surface area contributed by atoms with Crippen LogP contribution >= 0.6 is 15.9 Å². The highest BCUT2D eigenvalue weighted by Crippen LogP contribution is 2.15. The minimum Gasteiger partial charge on any atom is -0.395 e. The van der Waals surface area contributed by atoms with E-state index in [-0.39, 0.29) is 24.7 Å². The zero-order valence-corrected chi connectivity index (χ0v) is 22.2. The van der Waals surface area contributed by atoms with Gasteiger partial charge in [-0.15, -0.1) is 0 Å². The van der Waals surface area contributed by atoms with Gasteiger partial charge in [0.15, 0.2) is 0 Å². The summed E-state index contributed by atoms with van der Waals surface area (Å²) >= 11 is 3.33. The molecule has 32 heavy (non-hydrogen) atoms. The molecule has 0 unspecified atom stereocenters. The third kappa shape index (κ3) is 15.1. The van der Waals surface area contributed by atoms with E-state index < -0.39 is 10.0 Å². The van der Waals surface area contributed by atoms with Gasteiger partial charge in [0.1, 0.15) is 11.7 Å². The summed E-state index contributed by atoms with van der Waals surface area (Å²) < 4.78 is 26.8. The summed E-state index contributed by atoms with van der Waals surface area (Å²) in [5, 5.41) is 23.7. The molecule has 0 aliphatic rings. The summed E-state index contributed by atoms with van der Waals surface area (Å²) in [5.41, 5.74) is 0.656. The maximum Gasteiger partial charge on any atom is 0.240 e. The lowest BCUT2D eigenvalue weighted by atomic mass is 10.3. The second-order valence-electron chi connectivity index (χ2n) is 6.43. The monoisotopic (exact) mass is 534 g/mol. The Morgan fingerprint density at radius 3 is 2.00 bits per heavy atom. The highest BCUT2D eigenvalue weighted by molar-refractivity contribution is 9.11. The van der Waals surface area contributed by atoms with Crippen molar-refractivity contribution in [2.75, 3.05) is 31.6 Å². The Balaban J connectivity index is 0. The molecular weight excluding hydrogens is 496 g/mol. The predicted molar refractivity (Wildman–Crippen MR) is 139 cm³/mol. The summed E-state index contributed by atoms with van der Waals surface area (Å²) in [6.45, 7) is 13.9. The lowest BCUT2D eigenvalue weighted by Crippen LogP contribution is -2.26. The molecule has 1 rings (SSSR count). The number of nitrogens with one attached hydrogen (secondary N) is 3. The summed E-state index contributed by atoms with van der Waals surface area (Å²) in [4.78, 5) is 4.48. The Kier molecular flexibility index (Phi) is 20.2. The van der Waals surface area contributed by atoms with E-state index in [9.17, 15) is 8.42 Å². The number of allylic oxidation sites excluding steroid dienone is 2. The van der Waals surface area contributed by atoms with Crippen LogP contribution in [0.1, 0.15) is 47.5 Å². The fourth-order valence-electron chi connectivity index (χ4n) is 1.83. The minimum atomic E-state index is -3.64. The molecule has 1 aromatic rings. The van der Waals surface area contributed by atoms with Crippen LogP contribution in [0.25, 0.3) is 0 Å². The molecule has 1 aromatic carbocycles.